The van der Waals surface area contributed by atoms with E-state index in [0.717, 1.165) is 29.3 Å². The Morgan fingerprint density at radius 1 is 0.889 bits per heavy atom. The molecule has 1 amide bonds. The number of alkyl halides is 3. The lowest BCUT2D eigenvalue weighted by Gasteiger charge is -2.26. The van der Waals surface area contributed by atoms with E-state index < -0.39 is 40.3 Å². The molecule has 3 rings (SSSR count). The van der Waals surface area contributed by atoms with E-state index in [9.17, 15) is 26.4 Å². The van der Waals surface area contributed by atoms with E-state index in [2.05, 4.69) is 26.1 Å². The number of sulfonamides is 1. The van der Waals surface area contributed by atoms with Gasteiger partial charge in [-0.05, 0) is 53.8 Å². The smallest absolute Gasteiger partial charge is 0.348 e. The molecule has 0 saturated carbocycles. The third kappa shape index (κ3) is 6.46. The zero-order chi connectivity index (χ0) is 26.7. The van der Waals surface area contributed by atoms with E-state index in [1.165, 1.54) is 30.3 Å². The van der Waals surface area contributed by atoms with Gasteiger partial charge in [0, 0.05) is 0 Å². The molecular formula is C27H29F3N2O3S. The number of anilines is 1. The number of halogens is 3. The van der Waals surface area contributed by atoms with Gasteiger partial charge in [-0.25, -0.2) is 8.42 Å². The molecule has 0 saturated heterocycles. The maximum Gasteiger partial charge on any atom is 0.416 e. The fourth-order valence-electron chi connectivity index (χ4n) is 3.64. The molecule has 0 fully saturated rings. The van der Waals surface area contributed by atoms with Crippen LogP contribution in [0.3, 0.4) is 0 Å². The molecule has 0 aliphatic rings. The highest BCUT2D eigenvalue weighted by atomic mass is 32.2. The van der Waals surface area contributed by atoms with Gasteiger partial charge in [-0.1, -0.05) is 69.3 Å². The first-order valence-corrected chi connectivity index (χ1v) is 12.8. The van der Waals surface area contributed by atoms with Crippen molar-refractivity contribution >= 4 is 21.6 Å². The van der Waals surface area contributed by atoms with Gasteiger partial charge in [0.25, 0.3) is 10.0 Å². The number of benzene rings is 3. The van der Waals surface area contributed by atoms with Crippen molar-refractivity contribution in [2.75, 3.05) is 10.8 Å². The number of hydrogen-bond donors (Lipinski definition) is 1. The van der Waals surface area contributed by atoms with E-state index in [0.29, 0.717) is 4.31 Å². The van der Waals surface area contributed by atoms with Crippen LogP contribution in [-0.4, -0.2) is 20.9 Å². The summed E-state index contributed by atoms with van der Waals surface area (Å²) >= 11 is 0. The van der Waals surface area contributed by atoms with Gasteiger partial charge < -0.3 is 5.32 Å². The summed E-state index contributed by atoms with van der Waals surface area (Å²) in [5.41, 5.74) is 0.622. The van der Waals surface area contributed by atoms with Gasteiger partial charge in [0.15, 0.2) is 0 Å². The SMILES string of the molecule is CC(NC(=O)CN(c1cccc(C(F)(F)F)c1)S(=O)(=O)c1ccccc1)c1ccc(C(C)(C)C)cc1. The Hall–Kier alpha value is -3.33. The Bertz CT molecular complexity index is 1300. The summed E-state index contributed by atoms with van der Waals surface area (Å²) in [5.74, 6) is -0.653. The monoisotopic (exact) mass is 518 g/mol. The van der Waals surface area contributed by atoms with Crippen LogP contribution < -0.4 is 9.62 Å². The van der Waals surface area contributed by atoms with Crippen LogP contribution in [0.25, 0.3) is 0 Å². The molecule has 1 unspecified atom stereocenters. The largest absolute Gasteiger partial charge is 0.416 e. The standard InChI is InChI=1S/C27H29F3N2O3S/c1-19(20-13-15-21(16-14-20)26(2,3)4)31-25(33)18-32(36(34,35)24-11-6-5-7-12-24)23-10-8-9-22(17-23)27(28,29)30/h5-17,19H,18H2,1-4H3,(H,31,33). The molecule has 0 aromatic heterocycles. The molecule has 36 heavy (non-hydrogen) atoms. The Kier molecular flexibility index (Phi) is 7.83. The van der Waals surface area contributed by atoms with Crippen molar-refractivity contribution in [3.05, 3.63) is 95.6 Å². The Morgan fingerprint density at radius 2 is 1.50 bits per heavy atom. The van der Waals surface area contributed by atoms with Crippen molar-refractivity contribution < 1.29 is 26.4 Å². The van der Waals surface area contributed by atoms with Crippen molar-refractivity contribution in [1.29, 1.82) is 0 Å². The molecule has 192 valence electrons. The van der Waals surface area contributed by atoms with Crippen LogP contribution in [0.4, 0.5) is 18.9 Å². The molecule has 9 heteroatoms. The van der Waals surface area contributed by atoms with Crippen LogP contribution in [0.15, 0.2) is 83.8 Å². The topological polar surface area (TPSA) is 66.5 Å². The molecule has 5 nitrogen and oxygen atoms in total. The number of nitrogens with zero attached hydrogens (tertiary/aromatic N) is 1. The normalized spacial score (nSPS) is 13.2. The highest BCUT2D eigenvalue weighted by Gasteiger charge is 2.33. The van der Waals surface area contributed by atoms with E-state index >= 15 is 0 Å². The van der Waals surface area contributed by atoms with E-state index in [-0.39, 0.29) is 16.0 Å². The van der Waals surface area contributed by atoms with Gasteiger partial charge in [-0.2, -0.15) is 13.2 Å². The summed E-state index contributed by atoms with van der Waals surface area (Å²) in [4.78, 5) is 12.8. The highest BCUT2D eigenvalue weighted by molar-refractivity contribution is 7.92. The Labute approximate surface area is 210 Å². The molecule has 0 spiro atoms. The fraction of sp³-hybridized carbons (Fsp3) is 0.296. The molecule has 0 heterocycles. The third-order valence-corrected chi connectivity index (χ3v) is 7.52. The molecule has 1 atom stereocenters. The van der Waals surface area contributed by atoms with E-state index in [4.69, 9.17) is 0 Å². The van der Waals surface area contributed by atoms with E-state index in [1.807, 2.05) is 24.3 Å². The number of rotatable bonds is 7. The zero-order valence-electron chi connectivity index (χ0n) is 20.5. The molecule has 0 bridgehead atoms. The van der Waals surface area contributed by atoms with Crippen LogP contribution in [0.2, 0.25) is 0 Å². The van der Waals surface area contributed by atoms with Crippen LogP contribution in [0.1, 0.15) is 50.4 Å². The second-order valence-electron chi connectivity index (χ2n) is 9.53. The number of amides is 1. The average Bonchev–Trinajstić information content (AvgIpc) is 2.82. The first kappa shape index (κ1) is 27.3. The average molecular weight is 519 g/mol. The summed E-state index contributed by atoms with van der Waals surface area (Å²) < 4.78 is 67.4. The van der Waals surface area contributed by atoms with Crippen LogP contribution in [-0.2, 0) is 26.4 Å². The number of hydrogen-bond acceptors (Lipinski definition) is 3. The molecule has 0 radical (unpaired) electrons. The Morgan fingerprint density at radius 3 is 2.06 bits per heavy atom. The first-order chi connectivity index (χ1) is 16.7. The highest BCUT2D eigenvalue weighted by Crippen LogP contribution is 2.33. The van der Waals surface area contributed by atoms with Crippen molar-refractivity contribution in [2.45, 2.75) is 50.2 Å². The minimum absolute atomic E-state index is 0.0394. The molecule has 1 N–H and O–H groups in total. The van der Waals surface area contributed by atoms with Crippen LogP contribution in [0, 0.1) is 0 Å². The second-order valence-corrected chi connectivity index (χ2v) is 11.4. The van der Waals surface area contributed by atoms with Crippen LogP contribution >= 0.6 is 0 Å². The quantitative estimate of drug-likeness (QED) is 0.413. The molecule has 3 aromatic rings. The summed E-state index contributed by atoms with van der Waals surface area (Å²) in [5, 5.41) is 2.76. The van der Waals surface area contributed by atoms with Gasteiger partial charge in [-0.15, -0.1) is 0 Å². The summed E-state index contributed by atoms with van der Waals surface area (Å²) in [7, 11) is -4.33. The first-order valence-electron chi connectivity index (χ1n) is 11.3. The molecular weight excluding hydrogens is 489 g/mol. The predicted molar refractivity (Wildman–Crippen MR) is 134 cm³/mol. The fourth-order valence-corrected chi connectivity index (χ4v) is 5.08. The minimum Gasteiger partial charge on any atom is -0.348 e. The lowest BCUT2D eigenvalue weighted by molar-refractivity contribution is -0.137. The zero-order valence-corrected chi connectivity index (χ0v) is 21.3. The number of carbonyl (C=O) groups excluding carboxylic acids is 1. The predicted octanol–water partition coefficient (Wildman–Crippen LogP) is 6.08. The minimum atomic E-state index is -4.67. The summed E-state index contributed by atoms with van der Waals surface area (Å²) in [6.07, 6.45) is -4.67. The molecule has 0 aliphatic heterocycles. The van der Waals surface area contributed by atoms with Gasteiger partial charge in [0.2, 0.25) is 5.91 Å². The van der Waals surface area contributed by atoms with Gasteiger partial charge in [-0.3, -0.25) is 9.10 Å². The van der Waals surface area contributed by atoms with Gasteiger partial charge >= 0.3 is 6.18 Å². The number of carbonyl (C=O) groups is 1. The number of nitrogens with one attached hydrogen (secondary N) is 1. The third-order valence-electron chi connectivity index (χ3n) is 5.73. The van der Waals surface area contributed by atoms with Gasteiger partial charge in [0.1, 0.15) is 6.54 Å². The van der Waals surface area contributed by atoms with E-state index in [1.54, 1.807) is 13.0 Å². The van der Waals surface area contributed by atoms with Crippen LogP contribution in [0.5, 0.6) is 0 Å². The lowest BCUT2D eigenvalue weighted by atomic mass is 9.86. The maximum absolute atomic E-state index is 13.4. The molecule has 0 aliphatic carbocycles. The summed E-state index contributed by atoms with van der Waals surface area (Å²) in [6, 6.07) is 18.4. The molecule has 3 aromatic carbocycles. The lowest BCUT2D eigenvalue weighted by Crippen LogP contribution is -2.41. The second kappa shape index (κ2) is 10.3. The van der Waals surface area contributed by atoms with Crippen molar-refractivity contribution in [2.24, 2.45) is 0 Å². The van der Waals surface area contributed by atoms with Crippen molar-refractivity contribution in [3.8, 4) is 0 Å². The summed E-state index contributed by atoms with van der Waals surface area (Å²) in [6.45, 7) is 7.32. The van der Waals surface area contributed by atoms with Crippen molar-refractivity contribution in [3.63, 3.8) is 0 Å². The maximum atomic E-state index is 13.4. The van der Waals surface area contributed by atoms with Crippen molar-refractivity contribution in [1.82, 2.24) is 5.32 Å². The van der Waals surface area contributed by atoms with Gasteiger partial charge in [0.05, 0.1) is 22.2 Å². The Balaban J connectivity index is 1.90.